The van der Waals surface area contributed by atoms with E-state index in [0.29, 0.717) is 5.92 Å². The molecule has 1 nitrogen and oxygen atoms in total. The Labute approximate surface area is 87.1 Å². The highest BCUT2D eigenvalue weighted by molar-refractivity contribution is 5.85. The van der Waals surface area contributed by atoms with Gasteiger partial charge in [0, 0.05) is 12.0 Å². The number of piperidine rings is 1. The Kier molecular flexibility index (Phi) is 4.09. The first-order valence-electron chi connectivity index (χ1n) is 5.11. The number of hydrogen-bond donors (Lipinski definition) is 1. The second-order valence-electron chi connectivity index (χ2n) is 4.07. The highest BCUT2D eigenvalue weighted by Crippen LogP contribution is 2.34. The van der Waals surface area contributed by atoms with Crippen LogP contribution in [0.4, 0.5) is 0 Å². The van der Waals surface area contributed by atoms with Crippen LogP contribution in [0.3, 0.4) is 0 Å². The third kappa shape index (κ3) is 2.18. The van der Waals surface area contributed by atoms with Crippen molar-refractivity contribution < 1.29 is 0 Å². The summed E-state index contributed by atoms with van der Waals surface area (Å²) in [7, 11) is 0. The molecule has 3 unspecified atom stereocenters. The van der Waals surface area contributed by atoms with Crippen LogP contribution in [0.15, 0.2) is 0 Å². The van der Waals surface area contributed by atoms with E-state index in [1.165, 1.54) is 32.1 Å². The Morgan fingerprint density at radius 1 is 1.15 bits per heavy atom. The Bertz CT molecular complexity index is 195. The molecule has 0 bridgehead atoms. The number of halogens is 1. The van der Waals surface area contributed by atoms with Crippen molar-refractivity contribution in [1.29, 1.82) is 0 Å². The Balaban J connectivity index is 0.000000845. The maximum atomic E-state index is 5.53. The molecule has 0 aromatic heterocycles. The first-order valence-corrected chi connectivity index (χ1v) is 5.11. The first kappa shape index (κ1) is 10.9. The third-order valence-corrected chi connectivity index (χ3v) is 3.41. The predicted octanol–water partition coefficient (Wildman–Crippen LogP) is 2.21. The van der Waals surface area contributed by atoms with Crippen molar-refractivity contribution in [3.8, 4) is 12.3 Å². The molecule has 1 aliphatic heterocycles. The van der Waals surface area contributed by atoms with E-state index in [0.717, 1.165) is 18.5 Å². The van der Waals surface area contributed by atoms with E-state index in [1.54, 1.807) is 0 Å². The highest BCUT2D eigenvalue weighted by atomic mass is 35.5. The zero-order valence-electron chi connectivity index (χ0n) is 7.96. The molecular formula is C11H18ClN. The lowest BCUT2D eigenvalue weighted by Gasteiger charge is -2.39. The fourth-order valence-electron chi connectivity index (χ4n) is 2.74. The molecular weight excluding hydrogens is 182 g/mol. The van der Waals surface area contributed by atoms with E-state index in [-0.39, 0.29) is 12.4 Å². The molecule has 74 valence electrons. The van der Waals surface area contributed by atoms with Crippen molar-refractivity contribution in [2.45, 2.75) is 38.1 Å². The van der Waals surface area contributed by atoms with Gasteiger partial charge in [0.2, 0.25) is 0 Å². The van der Waals surface area contributed by atoms with Crippen molar-refractivity contribution in [2.75, 3.05) is 6.54 Å². The molecule has 2 heteroatoms. The van der Waals surface area contributed by atoms with Gasteiger partial charge in [0.15, 0.2) is 0 Å². The van der Waals surface area contributed by atoms with E-state index < -0.39 is 0 Å². The molecule has 0 amide bonds. The maximum Gasteiger partial charge on any atom is 0.0255 e. The van der Waals surface area contributed by atoms with Gasteiger partial charge in [-0.05, 0) is 31.7 Å². The molecule has 0 aromatic carbocycles. The van der Waals surface area contributed by atoms with Crippen LogP contribution in [0.2, 0.25) is 0 Å². The molecule has 1 saturated carbocycles. The first-order chi connectivity index (χ1) is 5.92. The molecule has 1 N–H and O–H groups in total. The van der Waals surface area contributed by atoms with Gasteiger partial charge in [0.1, 0.15) is 0 Å². The lowest BCUT2D eigenvalue weighted by molar-refractivity contribution is 0.173. The second-order valence-corrected chi connectivity index (χ2v) is 4.07. The van der Waals surface area contributed by atoms with Crippen LogP contribution in [-0.4, -0.2) is 12.6 Å². The molecule has 0 aromatic rings. The number of hydrogen-bond acceptors (Lipinski definition) is 1. The van der Waals surface area contributed by atoms with Gasteiger partial charge in [-0.2, -0.15) is 0 Å². The van der Waals surface area contributed by atoms with E-state index in [2.05, 4.69) is 11.2 Å². The van der Waals surface area contributed by atoms with E-state index >= 15 is 0 Å². The molecule has 2 fully saturated rings. The lowest BCUT2D eigenvalue weighted by atomic mass is 9.73. The van der Waals surface area contributed by atoms with E-state index in [1.807, 2.05) is 0 Å². The summed E-state index contributed by atoms with van der Waals surface area (Å²) in [6, 6.07) is 0.744. The predicted molar refractivity (Wildman–Crippen MR) is 57.9 cm³/mol. The average molecular weight is 200 g/mol. The van der Waals surface area contributed by atoms with Crippen LogP contribution in [0.1, 0.15) is 32.1 Å². The molecule has 1 aliphatic carbocycles. The largest absolute Gasteiger partial charge is 0.314 e. The zero-order valence-corrected chi connectivity index (χ0v) is 8.78. The summed E-state index contributed by atoms with van der Waals surface area (Å²) in [6.07, 6.45) is 12.2. The molecule has 0 spiro atoms. The Morgan fingerprint density at radius 2 is 1.92 bits per heavy atom. The van der Waals surface area contributed by atoms with Gasteiger partial charge in [0.25, 0.3) is 0 Å². The molecule has 13 heavy (non-hydrogen) atoms. The number of rotatable bonds is 0. The van der Waals surface area contributed by atoms with E-state index in [4.69, 9.17) is 6.42 Å². The summed E-state index contributed by atoms with van der Waals surface area (Å²) in [5, 5.41) is 3.59. The highest BCUT2D eigenvalue weighted by Gasteiger charge is 2.33. The minimum absolute atomic E-state index is 0. The third-order valence-electron chi connectivity index (χ3n) is 3.41. The van der Waals surface area contributed by atoms with Gasteiger partial charge in [-0.1, -0.05) is 12.8 Å². The SMILES string of the molecule is C#CC1CCNC2CCCCC12.Cl. The van der Waals surface area contributed by atoms with Crippen molar-refractivity contribution >= 4 is 12.4 Å². The monoisotopic (exact) mass is 199 g/mol. The van der Waals surface area contributed by atoms with Gasteiger partial charge in [0.05, 0.1) is 0 Å². The van der Waals surface area contributed by atoms with Crippen molar-refractivity contribution in [1.82, 2.24) is 5.32 Å². The van der Waals surface area contributed by atoms with Crippen LogP contribution in [-0.2, 0) is 0 Å². The van der Waals surface area contributed by atoms with Gasteiger partial charge in [-0.3, -0.25) is 0 Å². The maximum absolute atomic E-state index is 5.53. The van der Waals surface area contributed by atoms with Crippen LogP contribution in [0, 0.1) is 24.2 Å². The second kappa shape index (κ2) is 4.88. The average Bonchev–Trinajstić information content (AvgIpc) is 2.17. The number of nitrogens with one attached hydrogen (secondary N) is 1. The van der Waals surface area contributed by atoms with Crippen LogP contribution >= 0.6 is 12.4 Å². The lowest BCUT2D eigenvalue weighted by Crippen LogP contribution is -2.47. The van der Waals surface area contributed by atoms with Crippen molar-refractivity contribution in [3.63, 3.8) is 0 Å². The standard InChI is InChI=1S/C11H17N.ClH/c1-2-9-7-8-12-11-6-4-3-5-10(9)11;/h1,9-12H,3-8H2;1H. The summed E-state index contributed by atoms with van der Waals surface area (Å²) < 4.78 is 0. The normalized spacial score (nSPS) is 38.2. The molecule has 0 radical (unpaired) electrons. The summed E-state index contributed by atoms with van der Waals surface area (Å²) >= 11 is 0. The van der Waals surface area contributed by atoms with Gasteiger partial charge in [-0.25, -0.2) is 0 Å². The molecule has 1 heterocycles. The molecule has 3 atom stereocenters. The fraction of sp³-hybridized carbons (Fsp3) is 0.818. The fourth-order valence-corrected chi connectivity index (χ4v) is 2.74. The minimum Gasteiger partial charge on any atom is -0.314 e. The van der Waals surface area contributed by atoms with Gasteiger partial charge >= 0.3 is 0 Å². The number of fused-ring (bicyclic) bond motifs is 1. The minimum atomic E-state index is 0. The smallest absolute Gasteiger partial charge is 0.0255 e. The molecule has 2 aliphatic rings. The van der Waals surface area contributed by atoms with E-state index in [9.17, 15) is 0 Å². The van der Waals surface area contributed by atoms with Crippen molar-refractivity contribution in [3.05, 3.63) is 0 Å². The molecule has 2 rings (SSSR count). The summed E-state index contributed by atoms with van der Waals surface area (Å²) in [5.41, 5.74) is 0. The topological polar surface area (TPSA) is 12.0 Å². The van der Waals surface area contributed by atoms with Crippen LogP contribution in [0.25, 0.3) is 0 Å². The summed E-state index contributed by atoms with van der Waals surface area (Å²) in [6.45, 7) is 1.13. The zero-order chi connectivity index (χ0) is 8.39. The summed E-state index contributed by atoms with van der Waals surface area (Å²) in [4.78, 5) is 0. The Hall–Kier alpha value is -0.190. The summed E-state index contributed by atoms with van der Waals surface area (Å²) in [5.74, 6) is 4.32. The quantitative estimate of drug-likeness (QED) is 0.590. The van der Waals surface area contributed by atoms with Crippen molar-refractivity contribution in [2.24, 2.45) is 11.8 Å². The van der Waals surface area contributed by atoms with Crippen LogP contribution in [0.5, 0.6) is 0 Å². The van der Waals surface area contributed by atoms with Crippen LogP contribution < -0.4 is 5.32 Å². The van der Waals surface area contributed by atoms with Gasteiger partial charge in [-0.15, -0.1) is 24.8 Å². The Morgan fingerprint density at radius 3 is 2.69 bits per heavy atom. The van der Waals surface area contributed by atoms with Gasteiger partial charge < -0.3 is 5.32 Å². The number of terminal acetylenes is 1. The molecule has 1 saturated heterocycles.